The fraction of sp³-hybridized carbons (Fsp3) is 0.231. The van der Waals surface area contributed by atoms with Crippen molar-refractivity contribution in [2.75, 3.05) is 4.90 Å². The van der Waals surface area contributed by atoms with Gasteiger partial charge in [0.15, 0.2) is 11.4 Å². The molecule has 32 heavy (non-hydrogen) atoms. The lowest BCUT2D eigenvalue weighted by Gasteiger charge is -2.23. The van der Waals surface area contributed by atoms with E-state index >= 15 is 0 Å². The first-order valence-corrected chi connectivity index (χ1v) is 11.3. The van der Waals surface area contributed by atoms with Crippen LogP contribution in [-0.2, 0) is 23.4 Å². The van der Waals surface area contributed by atoms with Crippen LogP contribution in [0.1, 0.15) is 46.8 Å². The van der Waals surface area contributed by atoms with Crippen LogP contribution in [0.15, 0.2) is 66.7 Å². The van der Waals surface area contributed by atoms with Crippen LogP contribution in [0, 0.1) is 0 Å². The van der Waals surface area contributed by atoms with Crippen LogP contribution in [0.4, 0.5) is 5.69 Å². The van der Waals surface area contributed by atoms with Gasteiger partial charge in [-0.2, -0.15) is 0 Å². The van der Waals surface area contributed by atoms with Crippen molar-refractivity contribution in [3.05, 3.63) is 99.0 Å². The number of amides is 1. The van der Waals surface area contributed by atoms with Gasteiger partial charge in [0.05, 0.1) is 18.7 Å². The Morgan fingerprint density at radius 2 is 1.75 bits per heavy atom. The molecule has 1 atom stereocenters. The lowest BCUT2D eigenvalue weighted by molar-refractivity contribution is -0.136. The van der Waals surface area contributed by atoms with Crippen LogP contribution in [0.3, 0.4) is 0 Å². The number of nitrogens with zero attached hydrogens (tertiary/aromatic N) is 1. The topological polar surface area (TPSA) is 57.6 Å². The number of Topliss-reactive ketones (excluding diaryl/α,β-unsaturated/α-hetero) is 1. The third kappa shape index (κ3) is 4.18. The largest absolute Gasteiger partial charge is 0.375 e. The molecule has 3 aromatic rings. The normalized spacial score (nSPS) is 17.5. The predicted octanol–water partition coefficient (Wildman–Crippen LogP) is 5.95. The second kappa shape index (κ2) is 9.07. The van der Waals surface area contributed by atoms with Gasteiger partial charge in [-0.25, -0.2) is 0 Å². The number of ketones is 1. The van der Waals surface area contributed by atoms with Gasteiger partial charge in [-0.1, -0.05) is 79.0 Å². The van der Waals surface area contributed by atoms with Gasteiger partial charge in [0.2, 0.25) is 0 Å². The number of aryl methyl sites for hydroxylation is 1. The molecule has 1 amide bonds. The molecule has 0 spiro atoms. The highest BCUT2D eigenvalue weighted by Gasteiger charge is 2.51. The van der Waals surface area contributed by atoms with Gasteiger partial charge in [0, 0.05) is 21.2 Å². The zero-order valence-corrected chi connectivity index (χ0v) is 19.2. The van der Waals surface area contributed by atoms with Gasteiger partial charge in [-0.3, -0.25) is 9.59 Å². The Hall–Kier alpha value is -2.66. The molecule has 3 aromatic carbocycles. The highest BCUT2D eigenvalue weighted by molar-refractivity contribution is 6.31. The average molecular weight is 468 g/mol. The summed E-state index contributed by atoms with van der Waals surface area (Å²) in [7, 11) is 0. The van der Waals surface area contributed by atoms with Crippen molar-refractivity contribution >= 4 is 40.6 Å². The number of carbonyl (C=O) groups excluding carboxylic acids is 2. The summed E-state index contributed by atoms with van der Waals surface area (Å²) in [6.07, 6.45) is 1.57. The van der Waals surface area contributed by atoms with Crippen molar-refractivity contribution in [3.63, 3.8) is 0 Å². The lowest BCUT2D eigenvalue weighted by atomic mass is 9.88. The van der Waals surface area contributed by atoms with Crippen molar-refractivity contribution in [2.24, 2.45) is 0 Å². The molecule has 6 heteroatoms. The minimum Gasteiger partial charge on any atom is -0.375 e. The van der Waals surface area contributed by atoms with Crippen LogP contribution < -0.4 is 4.90 Å². The summed E-state index contributed by atoms with van der Waals surface area (Å²) in [5.41, 5.74) is 1.19. The molecular formula is C26H23Cl2NO3. The molecule has 4 nitrogen and oxygen atoms in total. The predicted molar refractivity (Wildman–Crippen MR) is 127 cm³/mol. The molecule has 1 heterocycles. The van der Waals surface area contributed by atoms with E-state index in [1.165, 1.54) is 4.90 Å². The summed E-state index contributed by atoms with van der Waals surface area (Å²) in [5.74, 6) is -0.875. The Morgan fingerprint density at radius 3 is 2.44 bits per heavy atom. The maximum atomic E-state index is 13.5. The zero-order valence-electron chi connectivity index (χ0n) is 17.6. The third-order valence-electron chi connectivity index (χ3n) is 5.81. The van der Waals surface area contributed by atoms with Gasteiger partial charge in [0.1, 0.15) is 0 Å². The van der Waals surface area contributed by atoms with Crippen molar-refractivity contribution in [1.82, 2.24) is 0 Å². The first kappa shape index (κ1) is 22.5. The standard InChI is InChI=1S/C26H23Cl2NO3/c1-2-5-17-8-10-18(11-9-17)24(30)15-26(32)21-14-20(27)12-13-23(21)29(25(26)31)16-19-6-3-4-7-22(19)28/h3-4,6-14,32H,2,5,15-16H2,1H3. The minimum atomic E-state index is -2.00. The zero-order chi connectivity index (χ0) is 22.9. The van der Waals surface area contributed by atoms with E-state index < -0.39 is 11.5 Å². The van der Waals surface area contributed by atoms with Crippen molar-refractivity contribution < 1.29 is 14.7 Å². The molecule has 0 radical (unpaired) electrons. The molecule has 0 fully saturated rings. The van der Waals surface area contributed by atoms with Crippen LogP contribution in [-0.4, -0.2) is 16.8 Å². The molecule has 1 N–H and O–H groups in total. The second-order valence-electron chi connectivity index (χ2n) is 8.05. The van der Waals surface area contributed by atoms with E-state index in [0.29, 0.717) is 26.9 Å². The van der Waals surface area contributed by atoms with Crippen LogP contribution in [0.5, 0.6) is 0 Å². The van der Waals surface area contributed by atoms with E-state index in [-0.39, 0.29) is 18.7 Å². The number of fused-ring (bicyclic) bond motifs is 1. The van der Waals surface area contributed by atoms with Gasteiger partial charge in [-0.05, 0) is 41.8 Å². The first-order chi connectivity index (χ1) is 15.3. The molecule has 164 valence electrons. The molecule has 1 aliphatic heterocycles. The van der Waals surface area contributed by atoms with E-state index in [9.17, 15) is 14.7 Å². The van der Waals surface area contributed by atoms with Gasteiger partial charge < -0.3 is 10.0 Å². The maximum absolute atomic E-state index is 13.5. The Morgan fingerprint density at radius 1 is 1.03 bits per heavy atom. The van der Waals surface area contributed by atoms with Crippen LogP contribution in [0.25, 0.3) is 0 Å². The molecule has 1 aliphatic rings. The Kier molecular flexibility index (Phi) is 6.38. The molecular weight excluding hydrogens is 445 g/mol. The molecule has 4 rings (SSSR count). The van der Waals surface area contributed by atoms with E-state index in [4.69, 9.17) is 23.2 Å². The smallest absolute Gasteiger partial charge is 0.264 e. The summed E-state index contributed by atoms with van der Waals surface area (Å²) < 4.78 is 0. The highest BCUT2D eigenvalue weighted by atomic mass is 35.5. The van der Waals surface area contributed by atoms with Crippen LogP contribution >= 0.6 is 23.2 Å². The SMILES string of the molecule is CCCc1ccc(C(=O)CC2(O)C(=O)N(Cc3ccccc3Cl)c3ccc(Cl)cc32)cc1. The number of aliphatic hydroxyl groups is 1. The third-order valence-corrected chi connectivity index (χ3v) is 6.42. The molecule has 0 aromatic heterocycles. The van der Waals surface area contributed by atoms with Crippen molar-refractivity contribution in [1.29, 1.82) is 0 Å². The van der Waals surface area contributed by atoms with Gasteiger partial charge >= 0.3 is 0 Å². The summed E-state index contributed by atoms with van der Waals surface area (Å²) in [5, 5.41) is 12.4. The molecule has 0 bridgehead atoms. The summed E-state index contributed by atoms with van der Waals surface area (Å²) in [6.45, 7) is 2.27. The number of halogens is 2. The fourth-order valence-corrected chi connectivity index (χ4v) is 4.50. The minimum absolute atomic E-state index is 0.176. The summed E-state index contributed by atoms with van der Waals surface area (Å²) >= 11 is 12.5. The number of carbonyl (C=O) groups is 2. The Bertz CT molecular complexity index is 1180. The summed E-state index contributed by atoms with van der Waals surface area (Å²) in [6, 6.07) is 19.4. The number of anilines is 1. The Labute approximate surface area is 197 Å². The number of hydrogen-bond donors (Lipinski definition) is 1. The maximum Gasteiger partial charge on any atom is 0.264 e. The highest BCUT2D eigenvalue weighted by Crippen LogP contribution is 2.45. The average Bonchev–Trinajstić information content (AvgIpc) is 2.97. The van der Waals surface area contributed by atoms with E-state index in [2.05, 4.69) is 6.92 Å². The molecule has 0 aliphatic carbocycles. The quantitative estimate of drug-likeness (QED) is 0.436. The number of rotatable bonds is 7. The lowest BCUT2D eigenvalue weighted by Crippen LogP contribution is -2.41. The van der Waals surface area contributed by atoms with Crippen LogP contribution in [0.2, 0.25) is 10.0 Å². The monoisotopic (exact) mass is 467 g/mol. The molecule has 0 saturated carbocycles. The van der Waals surface area contributed by atoms with E-state index in [0.717, 1.165) is 24.0 Å². The van der Waals surface area contributed by atoms with E-state index in [1.54, 1.807) is 36.4 Å². The Balaban J connectivity index is 1.67. The summed E-state index contributed by atoms with van der Waals surface area (Å²) in [4.78, 5) is 28.0. The fourth-order valence-electron chi connectivity index (χ4n) is 4.13. The van der Waals surface area contributed by atoms with Gasteiger partial charge in [0.25, 0.3) is 5.91 Å². The van der Waals surface area contributed by atoms with Crippen molar-refractivity contribution in [2.45, 2.75) is 38.3 Å². The van der Waals surface area contributed by atoms with E-state index in [1.807, 2.05) is 30.3 Å². The first-order valence-electron chi connectivity index (χ1n) is 10.5. The number of benzene rings is 3. The number of hydrogen-bond acceptors (Lipinski definition) is 3. The second-order valence-corrected chi connectivity index (χ2v) is 8.89. The molecule has 1 unspecified atom stereocenters. The van der Waals surface area contributed by atoms with Crippen molar-refractivity contribution in [3.8, 4) is 0 Å². The molecule has 0 saturated heterocycles. The van der Waals surface area contributed by atoms with Gasteiger partial charge in [-0.15, -0.1) is 0 Å².